The second-order valence-corrected chi connectivity index (χ2v) is 8.57. The minimum Gasteiger partial charge on any atom is -0.481 e. The van der Waals surface area contributed by atoms with Gasteiger partial charge in [0.1, 0.15) is 18.1 Å². The Balaban J connectivity index is 5.52. The number of unbranched alkanes of at least 4 members (excludes halogenated alkanes) is 1. The monoisotopic (exact) mass is 503 g/mol. The van der Waals surface area contributed by atoms with Gasteiger partial charge in [0, 0.05) is 6.42 Å². The molecular formula is C21H37N5O9. The normalized spacial score (nSPS) is 14.3. The van der Waals surface area contributed by atoms with Crippen molar-refractivity contribution in [1.29, 1.82) is 0 Å². The molecule has 0 aliphatic carbocycles. The topological polar surface area (TPSA) is 251 Å². The SMILES string of the molecule is CC(C)CC(NC(=O)C(N)CCCCN)C(=O)NC(CCC(=O)O)C(=O)NC(CC(=O)O)C(=O)O. The van der Waals surface area contributed by atoms with Gasteiger partial charge in [-0.05, 0) is 38.1 Å². The molecule has 35 heavy (non-hydrogen) atoms. The van der Waals surface area contributed by atoms with Crippen LogP contribution in [0.5, 0.6) is 0 Å². The molecule has 0 aromatic carbocycles. The fourth-order valence-electron chi connectivity index (χ4n) is 3.08. The second-order valence-electron chi connectivity index (χ2n) is 8.57. The van der Waals surface area contributed by atoms with Crippen LogP contribution in [0.15, 0.2) is 0 Å². The molecule has 0 radical (unpaired) electrons. The van der Waals surface area contributed by atoms with Crippen molar-refractivity contribution in [3.05, 3.63) is 0 Å². The van der Waals surface area contributed by atoms with Gasteiger partial charge < -0.3 is 42.7 Å². The van der Waals surface area contributed by atoms with Gasteiger partial charge in [-0.15, -0.1) is 0 Å². The van der Waals surface area contributed by atoms with E-state index in [0.29, 0.717) is 25.8 Å². The van der Waals surface area contributed by atoms with Crippen LogP contribution < -0.4 is 27.4 Å². The average Bonchev–Trinajstić information content (AvgIpc) is 2.74. The number of rotatable bonds is 18. The van der Waals surface area contributed by atoms with E-state index in [2.05, 4.69) is 10.6 Å². The summed E-state index contributed by atoms with van der Waals surface area (Å²) in [6.07, 6.45) is -0.0363. The number of aliphatic carboxylic acids is 3. The molecule has 14 heteroatoms. The Kier molecular flexibility index (Phi) is 14.9. The van der Waals surface area contributed by atoms with E-state index in [0.717, 1.165) is 0 Å². The third-order valence-electron chi connectivity index (χ3n) is 4.92. The highest BCUT2D eigenvalue weighted by Crippen LogP contribution is 2.09. The van der Waals surface area contributed by atoms with Crippen LogP contribution in [0.25, 0.3) is 0 Å². The summed E-state index contributed by atoms with van der Waals surface area (Å²) < 4.78 is 0. The molecule has 0 spiro atoms. The van der Waals surface area contributed by atoms with E-state index < -0.39 is 79.1 Å². The first kappa shape index (κ1) is 31.7. The molecule has 14 nitrogen and oxygen atoms in total. The lowest BCUT2D eigenvalue weighted by Crippen LogP contribution is -2.57. The summed E-state index contributed by atoms with van der Waals surface area (Å²) >= 11 is 0. The quantitative estimate of drug-likeness (QED) is 0.0985. The molecular weight excluding hydrogens is 466 g/mol. The van der Waals surface area contributed by atoms with E-state index in [1.807, 2.05) is 5.32 Å². The summed E-state index contributed by atoms with van der Waals surface area (Å²) in [6, 6.07) is -5.26. The Labute approximate surface area is 203 Å². The van der Waals surface area contributed by atoms with E-state index in [-0.39, 0.29) is 12.3 Å². The Morgan fingerprint density at radius 3 is 1.77 bits per heavy atom. The van der Waals surface area contributed by atoms with Crippen LogP contribution in [-0.4, -0.2) is 81.7 Å². The van der Waals surface area contributed by atoms with Gasteiger partial charge >= 0.3 is 17.9 Å². The van der Waals surface area contributed by atoms with Gasteiger partial charge in [0.15, 0.2) is 0 Å². The molecule has 4 unspecified atom stereocenters. The van der Waals surface area contributed by atoms with E-state index in [9.17, 15) is 28.8 Å². The summed E-state index contributed by atoms with van der Waals surface area (Å²) in [5.74, 6) is -6.87. The fraction of sp³-hybridized carbons (Fsp3) is 0.714. The summed E-state index contributed by atoms with van der Waals surface area (Å²) in [4.78, 5) is 71.2. The average molecular weight is 504 g/mol. The van der Waals surface area contributed by atoms with Crippen molar-refractivity contribution in [1.82, 2.24) is 16.0 Å². The zero-order chi connectivity index (χ0) is 27.1. The van der Waals surface area contributed by atoms with Crippen molar-refractivity contribution < 1.29 is 44.1 Å². The Hall–Kier alpha value is -3.26. The van der Waals surface area contributed by atoms with Crippen LogP contribution in [-0.2, 0) is 28.8 Å². The van der Waals surface area contributed by atoms with Crippen molar-refractivity contribution in [3.63, 3.8) is 0 Å². The predicted molar refractivity (Wildman–Crippen MR) is 123 cm³/mol. The first-order valence-corrected chi connectivity index (χ1v) is 11.3. The van der Waals surface area contributed by atoms with Crippen molar-refractivity contribution >= 4 is 35.6 Å². The van der Waals surface area contributed by atoms with Gasteiger partial charge in [-0.1, -0.05) is 20.3 Å². The number of carbonyl (C=O) groups is 6. The van der Waals surface area contributed by atoms with Gasteiger partial charge in [-0.3, -0.25) is 24.0 Å². The lowest BCUT2D eigenvalue weighted by atomic mass is 10.0. The molecule has 10 N–H and O–H groups in total. The molecule has 0 saturated carbocycles. The van der Waals surface area contributed by atoms with Crippen LogP contribution in [0.1, 0.15) is 58.8 Å². The molecule has 0 saturated heterocycles. The maximum Gasteiger partial charge on any atom is 0.326 e. The number of hydrogen-bond donors (Lipinski definition) is 8. The van der Waals surface area contributed by atoms with Gasteiger partial charge in [0.05, 0.1) is 12.5 Å². The maximum atomic E-state index is 12.9. The van der Waals surface area contributed by atoms with E-state index >= 15 is 0 Å². The molecule has 0 aromatic rings. The summed E-state index contributed by atoms with van der Waals surface area (Å²) in [6.45, 7) is 4.04. The highest BCUT2D eigenvalue weighted by molar-refractivity contribution is 5.94. The van der Waals surface area contributed by atoms with Gasteiger partial charge in [0.2, 0.25) is 17.7 Å². The smallest absolute Gasteiger partial charge is 0.326 e. The van der Waals surface area contributed by atoms with Crippen LogP contribution in [0.2, 0.25) is 0 Å². The highest BCUT2D eigenvalue weighted by Gasteiger charge is 2.31. The Morgan fingerprint density at radius 2 is 1.29 bits per heavy atom. The number of carbonyl (C=O) groups excluding carboxylic acids is 3. The lowest BCUT2D eigenvalue weighted by molar-refractivity contribution is -0.147. The largest absolute Gasteiger partial charge is 0.481 e. The first-order chi connectivity index (χ1) is 16.3. The third-order valence-corrected chi connectivity index (χ3v) is 4.92. The van der Waals surface area contributed by atoms with Crippen molar-refractivity contribution in [3.8, 4) is 0 Å². The number of carboxylic acids is 3. The predicted octanol–water partition coefficient (Wildman–Crippen LogP) is -1.63. The number of nitrogens with one attached hydrogen (secondary N) is 3. The fourth-order valence-corrected chi connectivity index (χ4v) is 3.08. The molecule has 3 amide bonds. The van der Waals surface area contributed by atoms with Gasteiger partial charge in [0.25, 0.3) is 0 Å². The minimum absolute atomic E-state index is 0.0576. The summed E-state index contributed by atoms with van der Waals surface area (Å²) in [5, 5.41) is 33.8. The zero-order valence-corrected chi connectivity index (χ0v) is 20.0. The number of carboxylic acid groups (broad SMARTS) is 3. The zero-order valence-electron chi connectivity index (χ0n) is 20.0. The first-order valence-electron chi connectivity index (χ1n) is 11.3. The number of amides is 3. The Bertz CT molecular complexity index is 759. The molecule has 0 aliphatic heterocycles. The lowest BCUT2D eigenvalue weighted by Gasteiger charge is -2.25. The molecule has 0 heterocycles. The maximum absolute atomic E-state index is 12.9. The second kappa shape index (κ2) is 16.4. The van der Waals surface area contributed by atoms with Gasteiger partial charge in [-0.25, -0.2) is 4.79 Å². The molecule has 0 fully saturated rings. The van der Waals surface area contributed by atoms with E-state index in [1.54, 1.807) is 13.8 Å². The van der Waals surface area contributed by atoms with Crippen LogP contribution in [0.3, 0.4) is 0 Å². The highest BCUT2D eigenvalue weighted by atomic mass is 16.4. The van der Waals surface area contributed by atoms with Crippen molar-refractivity contribution in [2.75, 3.05) is 6.54 Å². The van der Waals surface area contributed by atoms with Crippen molar-refractivity contribution in [2.24, 2.45) is 17.4 Å². The molecule has 0 rings (SSSR count). The van der Waals surface area contributed by atoms with E-state index in [1.165, 1.54) is 0 Å². The minimum atomic E-state index is -1.79. The van der Waals surface area contributed by atoms with Crippen LogP contribution in [0, 0.1) is 5.92 Å². The summed E-state index contributed by atoms with van der Waals surface area (Å²) in [7, 11) is 0. The number of hydrogen-bond acceptors (Lipinski definition) is 8. The Morgan fingerprint density at radius 1 is 0.743 bits per heavy atom. The molecule has 200 valence electrons. The molecule has 0 bridgehead atoms. The van der Waals surface area contributed by atoms with Crippen LogP contribution >= 0.6 is 0 Å². The van der Waals surface area contributed by atoms with E-state index in [4.69, 9.17) is 26.8 Å². The van der Waals surface area contributed by atoms with Gasteiger partial charge in [-0.2, -0.15) is 0 Å². The molecule has 0 aliphatic rings. The summed E-state index contributed by atoms with van der Waals surface area (Å²) in [5.41, 5.74) is 11.3. The standard InChI is InChI=1S/C21H37N5O9/c1-11(2)9-14(25-18(31)12(23)5-3-4-8-22)20(33)24-13(6-7-16(27)28)19(32)26-15(21(34)35)10-17(29)30/h11-15H,3-10,22-23H2,1-2H3,(H,24,33)(H,25,31)(H,26,32)(H,27,28)(H,29,30)(H,34,35). The third kappa shape index (κ3) is 13.9. The number of nitrogens with two attached hydrogens (primary N) is 2. The molecule has 0 aromatic heterocycles. The van der Waals surface area contributed by atoms with Crippen LogP contribution in [0.4, 0.5) is 0 Å². The van der Waals surface area contributed by atoms with Crippen molar-refractivity contribution in [2.45, 2.75) is 83.0 Å². The molecule has 4 atom stereocenters.